The minimum absolute atomic E-state index is 0.00417. The molecule has 1 amide bonds. The number of rotatable bonds is 6. The van der Waals surface area contributed by atoms with Gasteiger partial charge < -0.3 is 10.6 Å². The van der Waals surface area contributed by atoms with Crippen molar-refractivity contribution in [2.45, 2.75) is 37.0 Å². The average Bonchev–Trinajstić information content (AvgIpc) is 3.39. The molecule has 0 spiro atoms. The largest absolute Gasteiger partial charge is 0.372 e. The van der Waals surface area contributed by atoms with Gasteiger partial charge in [-0.25, -0.2) is 27.8 Å². The maximum atomic E-state index is 13.1. The van der Waals surface area contributed by atoms with Gasteiger partial charge in [0.15, 0.2) is 21.5 Å². The molecule has 1 aromatic carbocycles. The van der Waals surface area contributed by atoms with E-state index in [-0.39, 0.29) is 29.9 Å². The number of sulfone groups is 1. The van der Waals surface area contributed by atoms with E-state index in [1.54, 1.807) is 36.5 Å². The van der Waals surface area contributed by atoms with Gasteiger partial charge in [-0.05, 0) is 43.5 Å². The van der Waals surface area contributed by atoms with E-state index >= 15 is 0 Å². The van der Waals surface area contributed by atoms with E-state index in [9.17, 15) is 17.6 Å². The number of aromatic nitrogens is 5. The van der Waals surface area contributed by atoms with E-state index < -0.39 is 21.5 Å². The quantitative estimate of drug-likeness (QED) is 0.492. The Morgan fingerprint density at radius 3 is 2.79 bits per heavy atom. The van der Waals surface area contributed by atoms with E-state index in [0.717, 1.165) is 0 Å². The fraction of sp³-hybridized carbons (Fsp3) is 0.381. The number of amides is 1. The van der Waals surface area contributed by atoms with Crippen LogP contribution in [0.3, 0.4) is 0 Å². The molecule has 1 aliphatic heterocycles. The van der Waals surface area contributed by atoms with Crippen LogP contribution in [0.4, 0.5) is 10.1 Å². The number of aromatic amines is 1. The number of hydrogen-bond donors (Lipinski definition) is 3. The number of anilines is 1. The summed E-state index contributed by atoms with van der Waals surface area (Å²) in [6, 6.07) is 8.27. The van der Waals surface area contributed by atoms with Gasteiger partial charge in [-0.3, -0.25) is 9.89 Å². The van der Waals surface area contributed by atoms with Crippen LogP contribution in [0.1, 0.15) is 35.4 Å². The molecule has 1 saturated carbocycles. The highest BCUT2D eigenvalue weighted by Gasteiger charge is 2.46. The fourth-order valence-electron chi connectivity index (χ4n) is 4.16. The zero-order chi connectivity index (χ0) is 23.1. The lowest BCUT2D eigenvalue weighted by molar-refractivity contribution is 0.0860. The first-order chi connectivity index (χ1) is 15.8. The molecule has 1 saturated heterocycles. The standard InChI is InChI=1S/C21H22FN7O3S/c22-14-9-16(10-14)25-19(30)13-2-1-3-15(8-13)27-21(5-7-33(31,32)11-21)20-26-18(28-29-20)17-4-6-23-12-24-17/h1-4,6,8,12,14,16,27H,5,7,9-11H2,(H,25,30)(H,26,28,29). The van der Waals surface area contributed by atoms with E-state index in [1.807, 2.05) is 0 Å². The summed E-state index contributed by atoms with van der Waals surface area (Å²) in [7, 11) is -3.31. The minimum Gasteiger partial charge on any atom is -0.372 e. The molecule has 33 heavy (non-hydrogen) atoms. The van der Waals surface area contributed by atoms with Crippen LogP contribution in [0, 0.1) is 0 Å². The molecule has 1 atom stereocenters. The van der Waals surface area contributed by atoms with E-state index in [2.05, 4.69) is 35.8 Å². The number of hydrogen-bond acceptors (Lipinski definition) is 8. The molecule has 5 rings (SSSR count). The third-order valence-corrected chi connectivity index (χ3v) is 7.74. The van der Waals surface area contributed by atoms with Crippen molar-refractivity contribution in [3.63, 3.8) is 0 Å². The predicted octanol–water partition coefficient (Wildman–Crippen LogP) is 1.62. The van der Waals surface area contributed by atoms with Crippen molar-refractivity contribution in [3.8, 4) is 11.5 Å². The monoisotopic (exact) mass is 471 g/mol. The molecule has 1 unspecified atom stereocenters. The summed E-state index contributed by atoms with van der Waals surface area (Å²) >= 11 is 0. The molecule has 0 bridgehead atoms. The number of carbonyl (C=O) groups is 1. The summed E-state index contributed by atoms with van der Waals surface area (Å²) in [5.41, 5.74) is 0.435. The van der Waals surface area contributed by atoms with Crippen molar-refractivity contribution in [3.05, 3.63) is 54.2 Å². The van der Waals surface area contributed by atoms with Gasteiger partial charge in [0.25, 0.3) is 5.91 Å². The van der Waals surface area contributed by atoms with Gasteiger partial charge in [-0.1, -0.05) is 6.07 Å². The SMILES string of the molecule is O=C(NC1CC(F)C1)c1cccc(NC2(c3nc(-c4ccncn4)n[nH]3)CCS(=O)(=O)C2)c1. The van der Waals surface area contributed by atoms with Crippen LogP contribution in [0.2, 0.25) is 0 Å². The van der Waals surface area contributed by atoms with E-state index in [1.165, 1.54) is 6.33 Å². The maximum Gasteiger partial charge on any atom is 0.251 e. The molecule has 1 aliphatic carbocycles. The van der Waals surface area contributed by atoms with Gasteiger partial charge in [0, 0.05) is 23.5 Å². The normalized spacial score (nSPS) is 25.8. The predicted molar refractivity (Wildman–Crippen MR) is 118 cm³/mol. The molecular formula is C21H22FN7O3S. The number of carbonyl (C=O) groups excluding carboxylic acids is 1. The molecule has 3 aromatic rings. The minimum atomic E-state index is -3.31. The number of nitrogens with one attached hydrogen (secondary N) is 3. The fourth-order valence-corrected chi connectivity index (χ4v) is 6.06. The lowest BCUT2D eigenvalue weighted by Gasteiger charge is -2.30. The van der Waals surface area contributed by atoms with Crippen LogP contribution in [0.5, 0.6) is 0 Å². The summed E-state index contributed by atoms with van der Waals surface area (Å²) in [6.45, 7) is 0. The first kappa shape index (κ1) is 21.4. The van der Waals surface area contributed by atoms with E-state index in [4.69, 9.17) is 0 Å². The number of nitrogens with zero attached hydrogens (tertiary/aromatic N) is 4. The lowest BCUT2D eigenvalue weighted by atomic mass is 9.90. The highest BCUT2D eigenvalue weighted by Crippen LogP contribution is 2.36. The van der Waals surface area contributed by atoms with Gasteiger partial charge >= 0.3 is 0 Å². The van der Waals surface area contributed by atoms with Gasteiger partial charge in [0.1, 0.15) is 23.7 Å². The molecule has 10 nitrogen and oxygen atoms in total. The topological polar surface area (TPSA) is 143 Å². The van der Waals surface area contributed by atoms with Crippen molar-refractivity contribution >= 4 is 21.4 Å². The third kappa shape index (κ3) is 4.42. The van der Waals surface area contributed by atoms with Gasteiger partial charge in [-0.2, -0.15) is 5.10 Å². The zero-order valence-corrected chi connectivity index (χ0v) is 18.3. The molecule has 3 heterocycles. The van der Waals surface area contributed by atoms with Crippen molar-refractivity contribution in [2.24, 2.45) is 0 Å². The van der Waals surface area contributed by atoms with Gasteiger partial charge in [-0.15, -0.1) is 0 Å². The Morgan fingerprint density at radius 1 is 1.24 bits per heavy atom. The zero-order valence-electron chi connectivity index (χ0n) is 17.5. The number of halogens is 1. The molecule has 0 radical (unpaired) electrons. The molecule has 12 heteroatoms. The van der Waals surface area contributed by atoms with Crippen molar-refractivity contribution in [1.82, 2.24) is 30.5 Å². The summed E-state index contributed by atoms with van der Waals surface area (Å²) in [5, 5.41) is 13.2. The van der Waals surface area contributed by atoms with Crippen LogP contribution in [-0.2, 0) is 15.4 Å². The highest BCUT2D eigenvalue weighted by atomic mass is 32.2. The average molecular weight is 472 g/mol. The molecule has 2 aromatic heterocycles. The second-order valence-electron chi connectivity index (χ2n) is 8.47. The molecule has 3 N–H and O–H groups in total. The molecule has 2 fully saturated rings. The Balaban J connectivity index is 1.42. The van der Waals surface area contributed by atoms with Gasteiger partial charge in [0.2, 0.25) is 0 Å². The smallest absolute Gasteiger partial charge is 0.251 e. The van der Waals surface area contributed by atoms with Crippen molar-refractivity contribution < 1.29 is 17.6 Å². The summed E-state index contributed by atoms with van der Waals surface area (Å²) in [4.78, 5) is 25.1. The lowest BCUT2D eigenvalue weighted by Crippen LogP contribution is -2.45. The van der Waals surface area contributed by atoms with Crippen LogP contribution in [0.15, 0.2) is 42.9 Å². The summed E-state index contributed by atoms with van der Waals surface area (Å²) < 4.78 is 37.9. The molecular weight excluding hydrogens is 449 g/mol. The van der Waals surface area contributed by atoms with Gasteiger partial charge in [0.05, 0.1) is 11.5 Å². The Hall–Kier alpha value is -3.41. The summed E-state index contributed by atoms with van der Waals surface area (Å²) in [5.74, 6) is 0.229. The van der Waals surface area contributed by atoms with Crippen LogP contribution in [0.25, 0.3) is 11.5 Å². The first-order valence-electron chi connectivity index (χ1n) is 10.5. The third-order valence-electron chi connectivity index (χ3n) is 5.98. The second-order valence-corrected chi connectivity index (χ2v) is 10.7. The van der Waals surface area contributed by atoms with Crippen molar-refractivity contribution in [1.29, 1.82) is 0 Å². The Bertz CT molecular complexity index is 1280. The van der Waals surface area contributed by atoms with Crippen LogP contribution >= 0.6 is 0 Å². The number of alkyl halides is 1. The van der Waals surface area contributed by atoms with Crippen LogP contribution in [-0.4, -0.2) is 63.2 Å². The Kier molecular flexibility index (Phi) is 5.31. The first-order valence-corrected chi connectivity index (χ1v) is 12.4. The molecule has 172 valence electrons. The Morgan fingerprint density at radius 2 is 2.09 bits per heavy atom. The molecule has 2 aliphatic rings. The number of benzene rings is 1. The van der Waals surface area contributed by atoms with Crippen molar-refractivity contribution in [2.75, 3.05) is 16.8 Å². The second kappa shape index (κ2) is 8.18. The van der Waals surface area contributed by atoms with E-state index in [0.29, 0.717) is 41.4 Å². The summed E-state index contributed by atoms with van der Waals surface area (Å²) in [6.07, 6.45) is 3.02. The highest BCUT2D eigenvalue weighted by molar-refractivity contribution is 7.91. The van der Waals surface area contributed by atoms with Crippen LogP contribution < -0.4 is 10.6 Å². The Labute approximate surface area is 189 Å². The number of H-pyrrole nitrogens is 1. The maximum absolute atomic E-state index is 13.1.